The number of esters is 2. The number of carbonyl (C=O) groups is 3. The third kappa shape index (κ3) is 14.7. The van der Waals surface area contributed by atoms with Gasteiger partial charge >= 0.3 is 11.9 Å². The number of benzene rings is 1. The normalized spacial score (nSPS) is 11.0. The van der Waals surface area contributed by atoms with Crippen LogP contribution in [-0.4, -0.2) is 55.5 Å². The van der Waals surface area contributed by atoms with Crippen LogP contribution in [0.5, 0.6) is 11.5 Å². The summed E-state index contributed by atoms with van der Waals surface area (Å²) in [5, 5.41) is 0. The van der Waals surface area contributed by atoms with Gasteiger partial charge in [0.2, 0.25) is 6.79 Å². The summed E-state index contributed by atoms with van der Waals surface area (Å²) in [6.07, 6.45) is 2.42. The number of aromatic nitrogens is 1. The standard InChI is InChI=1S/C10H12N2O5.C10H20O3.C7H7F/c1-6(13)16-5-17-9-7(15-2)3-4-12-8(9)10(11)14;1-6-9(11)13-8(2)7-10(3,4)12-5;1-6-2-4-7(8)5-3-6/h3-4H,5H2,1-2H3,(H2,11,14);8H,6-7H2,1-5H3;2-5H,1H3. The van der Waals surface area contributed by atoms with E-state index in [1.54, 1.807) is 26.2 Å². The molecule has 1 atom stereocenters. The second kappa shape index (κ2) is 17.7. The highest BCUT2D eigenvalue weighted by Gasteiger charge is 2.22. The number of methoxy groups -OCH3 is 2. The highest BCUT2D eigenvalue weighted by molar-refractivity contribution is 5.94. The van der Waals surface area contributed by atoms with Gasteiger partial charge in [-0.05, 0) is 39.8 Å². The third-order valence-corrected chi connectivity index (χ3v) is 4.75. The van der Waals surface area contributed by atoms with Crippen LogP contribution >= 0.6 is 0 Å². The molecule has 2 aromatic rings. The van der Waals surface area contributed by atoms with Crippen LogP contribution in [-0.2, 0) is 23.8 Å². The largest absolute Gasteiger partial charge is 0.493 e. The van der Waals surface area contributed by atoms with Crippen LogP contribution in [0.1, 0.15) is 63.5 Å². The minimum Gasteiger partial charge on any atom is -0.493 e. The van der Waals surface area contributed by atoms with Gasteiger partial charge in [0.05, 0.1) is 12.7 Å². The number of primary amides is 1. The van der Waals surface area contributed by atoms with Gasteiger partial charge in [0.25, 0.3) is 5.91 Å². The predicted molar refractivity (Wildman–Crippen MR) is 139 cm³/mol. The molecule has 1 aromatic heterocycles. The number of carbonyl (C=O) groups excluding carboxylic acids is 3. The second-order valence-corrected chi connectivity index (χ2v) is 8.57. The summed E-state index contributed by atoms with van der Waals surface area (Å²) in [5.74, 6) is -1.27. The number of nitrogens with zero attached hydrogens (tertiary/aromatic N) is 1. The Balaban J connectivity index is 0.000000576. The van der Waals surface area contributed by atoms with Crippen molar-refractivity contribution in [2.45, 2.75) is 66.1 Å². The summed E-state index contributed by atoms with van der Waals surface area (Å²) in [6.45, 7) is 10.4. The molecule has 10 nitrogen and oxygen atoms in total. The Kier molecular flexibility index (Phi) is 15.9. The number of amides is 1. The molecule has 1 amide bonds. The number of pyridine rings is 1. The zero-order valence-corrected chi connectivity index (χ0v) is 23.3. The van der Waals surface area contributed by atoms with E-state index in [9.17, 15) is 18.8 Å². The average Bonchev–Trinajstić information content (AvgIpc) is 2.85. The number of hydrogen-bond donors (Lipinski definition) is 1. The summed E-state index contributed by atoms with van der Waals surface area (Å²) in [7, 11) is 3.06. The van der Waals surface area contributed by atoms with Gasteiger partial charge in [-0.15, -0.1) is 0 Å². The number of aryl methyl sites for hydroxylation is 1. The molecule has 0 radical (unpaired) electrons. The van der Waals surface area contributed by atoms with Crippen molar-refractivity contribution in [3.63, 3.8) is 0 Å². The summed E-state index contributed by atoms with van der Waals surface area (Å²) in [6, 6.07) is 7.89. The fourth-order valence-corrected chi connectivity index (χ4v) is 2.74. The minimum absolute atomic E-state index is 0.0451. The fraction of sp³-hybridized carbons (Fsp3) is 0.481. The first kappa shape index (κ1) is 34.3. The molecule has 0 aliphatic carbocycles. The van der Waals surface area contributed by atoms with Crippen molar-refractivity contribution in [3.05, 3.63) is 53.6 Å². The topological polar surface area (TPSA) is 136 Å². The highest BCUT2D eigenvalue weighted by atomic mass is 19.1. The Labute approximate surface area is 223 Å². The third-order valence-electron chi connectivity index (χ3n) is 4.75. The lowest BCUT2D eigenvalue weighted by Crippen LogP contribution is -2.29. The molecule has 11 heteroatoms. The maximum absolute atomic E-state index is 12.1. The van der Waals surface area contributed by atoms with Crippen LogP contribution in [0.25, 0.3) is 0 Å². The summed E-state index contributed by atoms with van der Waals surface area (Å²) in [5.41, 5.74) is 5.90. The molecule has 0 aliphatic rings. The molecule has 0 saturated carbocycles. The monoisotopic (exact) mass is 538 g/mol. The zero-order valence-electron chi connectivity index (χ0n) is 23.3. The van der Waals surface area contributed by atoms with Gasteiger partial charge in [-0.1, -0.05) is 24.6 Å². The van der Waals surface area contributed by atoms with Crippen LogP contribution in [0.2, 0.25) is 0 Å². The van der Waals surface area contributed by atoms with Crippen molar-refractivity contribution in [1.29, 1.82) is 0 Å². The van der Waals surface area contributed by atoms with Gasteiger partial charge in [0.15, 0.2) is 17.2 Å². The molecule has 0 fully saturated rings. The van der Waals surface area contributed by atoms with Gasteiger partial charge in [0, 0.05) is 39.1 Å². The van der Waals surface area contributed by atoms with E-state index in [1.165, 1.54) is 38.4 Å². The van der Waals surface area contributed by atoms with Crippen LogP contribution in [0.15, 0.2) is 36.5 Å². The van der Waals surface area contributed by atoms with E-state index in [0.717, 1.165) is 12.0 Å². The number of hydrogen-bond acceptors (Lipinski definition) is 9. The second-order valence-electron chi connectivity index (χ2n) is 8.57. The molecule has 0 bridgehead atoms. The first-order valence-electron chi connectivity index (χ1n) is 11.8. The lowest BCUT2D eigenvalue weighted by molar-refractivity contribution is -0.151. The van der Waals surface area contributed by atoms with Crippen molar-refractivity contribution >= 4 is 17.8 Å². The van der Waals surface area contributed by atoms with Crippen LogP contribution in [0.4, 0.5) is 4.39 Å². The fourth-order valence-electron chi connectivity index (χ4n) is 2.74. The number of ether oxygens (including phenoxy) is 5. The van der Waals surface area contributed by atoms with E-state index >= 15 is 0 Å². The molecule has 0 aliphatic heterocycles. The summed E-state index contributed by atoms with van der Waals surface area (Å²) >= 11 is 0. The van der Waals surface area contributed by atoms with Gasteiger partial charge in [-0.2, -0.15) is 0 Å². The SMILES string of the molecule is CCC(=O)OC(C)CC(C)(C)OC.COc1ccnc(C(N)=O)c1OCOC(C)=O.Cc1ccc(F)cc1. The van der Waals surface area contributed by atoms with E-state index in [4.69, 9.17) is 24.7 Å². The Morgan fingerprint density at radius 3 is 2.16 bits per heavy atom. The van der Waals surface area contributed by atoms with E-state index in [1.807, 2.05) is 27.7 Å². The number of rotatable bonds is 10. The van der Waals surface area contributed by atoms with Gasteiger partial charge in [-0.3, -0.25) is 14.4 Å². The van der Waals surface area contributed by atoms with E-state index in [0.29, 0.717) is 6.42 Å². The van der Waals surface area contributed by atoms with Crippen molar-refractivity contribution in [3.8, 4) is 11.5 Å². The first-order valence-corrected chi connectivity index (χ1v) is 11.8. The summed E-state index contributed by atoms with van der Waals surface area (Å²) < 4.78 is 37.1. The maximum Gasteiger partial charge on any atom is 0.305 e. The smallest absolute Gasteiger partial charge is 0.305 e. The number of nitrogens with two attached hydrogens (primary N) is 1. The quantitative estimate of drug-likeness (QED) is 0.345. The molecule has 0 saturated heterocycles. The molecule has 0 spiro atoms. The van der Waals surface area contributed by atoms with Crippen molar-refractivity contribution in [2.24, 2.45) is 5.73 Å². The maximum atomic E-state index is 12.1. The molecular weight excluding hydrogens is 499 g/mol. The summed E-state index contributed by atoms with van der Waals surface area (Å²) in [4.78, 5) is 36.4. The number of halogens is 1. The lowest BCUT2D eigenvalue weighted by Gasteiger charge is -2.26. The highest BCUT2D eigenvalue weighted by Crippen LogP contribution is 2.29. The van der Waals surface area contributed by atoms with E-state index in [-0.39, 0.29) is 47.5 Å². The molecule has 2 rings (SSSR count). The molecule has 1 unspecified atom stereocenters. The van der Waals surface area contributed by atoms with Gasteiger partial charge in [-0.25, -0.2) is 9.37 Å². The Hall–Kier alpha value is -3.73. The molecule has 212 valence electrons. The average molecular weight is 539 g/mol. The Morgan fingerprint density at radius 1 is 1.11 bits per heavy atom. The van der Waals surface area contributed by atoms with Crippen LogP contribution < -0.4 is 15.2 Å². The Morgan fingerprint density at radius 2 is 1.71 bits per heavy atom. The minimum atomic E-state index is -0.762. The molecule has 38 heavy (non-hydrogen) atoms. The molecular formula is C27H39FN2O8. The van der Waals surface area contributed by atoms with E-state index in [2.05, 4.69) is 9.72 Å². The zero-order chi connectivity index (χ0) is 29.3. The lowest BCUT2D eigenvalue weighted by atomic mass is 10.0. The molecule has 1 aromatic carbocycles. The van der Waals surface area contributed by atoms with Crippen LogP contribution in [0, 0.1) is 12.7 Å². The van der Waals surface area contributed by atoms with Crippen LogP contribution in [0.3, 0.4) is 0 Å². The Bertz CT molecular complexity index is 992. The van der Waals surface area contributed by atoms with Crippen molar-refractivity contribution in [2.75, 3.05) is 21.0 Å². The predicted octanol–water partition coefficient (Wildman–Crippen LogP) is 4.37. The molecule has 1 heterocycles. The van der Waals surface area contributed by atoms with Gasteiger partial charge in [0.1, 0.15) is 11.9 Å². The van der Waals surface area contributed by atoms with E-state index < -0.39 is 11.9 Å². The van der Waals surface area contributed by atoms with Crippen molar-refractivity contribution < 1.29 is 42.5 Å². The van der Waals surface area contributed by atoms with Crippen molar-refractivity contribution in [1.82, 2.24) is 4.98 Å². The van der Waals surface area contributed by atoms with Gasteiger partial charge < -0.3 is 29.4 Å². The molecule has 2 N–H and O–H groups in total. The first-order chi connectivity index (χ1) is 17.8.